The molecular formula is C32H28N6OS2. The second kappa shape index (κ2) is 11.3. The van der Waals surface area contributed by atoms with Crippen molar-refractivity contribution in [3.05, 3.63) is 108 Å². The molecule has 0 unspecified atom stereocenters. The van der Waals surface area contributed by atoms with Gasteiger partial charge in [-0.1, -0.05) is 95.9 Å². The van der Waals surface area contributed by atoms with Crippen molar-refractivity contribution in [1.29, 1.82) is 0 Å². The number of hydrogen-bond acceptors (Lipinski definition) is 7. The highest BCUT2D eigenvalue weighted by Crippen LogP contribution is 2.30. The van der Waals surface area contributed by atoms with Crippen molar-refractivity contribution in [1.82, 2.24) is 24.6 Å². The minimum atomic E-state index is 0.122. The fraction of sp³-hybridized carbons (Fsp3) is 0.188. The normalized spacial score (nSPS) is 13.8. The molecule has 1 fully saturated rings. The highest BCUT2D eigenvalue weighted by molar-refractivity contribution is 7.99. The van der Waals surface area contributed by atoms with E-state index in [1.165, 1.54) is 32.8 Å². The number of para-hydroxylation sites is 2. The molecule has 7 rings (SSSR count). The molecule has 3 heterocycles. The summed E-state index contributed by atoms with van der Waals surface area (Å²) in [5.41, 5.74) is 3.23. The molecule has 0 saturated carbocycles. The number of thioether (sulfide) groups is 1. The number of piperazine rings is 1. The van der Waals surface area contributed by atoms with Crippen molar-refractivity contribution in [3.8, 4) is 5.69 Å². The third kappa shape index (κ3) is 5.30. The number of hydrogen-bond donors (Lipinski definition) is 0. The van der Waals surface area contributed by atoms with Crippen LogP contribution in [0.3, 0.4) is 0 Å². The van der Waals surface area contributed by atoms with Crippen LogP contribution in [0.4, 0.5) is 5.13 Å². The summed E-state index contributed by atoms with van der Waals surface area (Å²) in [4.78, 5) is 22.3. The third-order valence-corrected chi connectivity index (χ3v) is 9.46. The minimum absolute atomic E-state index is 0.122. The first-order valence-electron chi connectivity index (χ1n) is 13.7. The molecule has 2 aromatic heterocycles. The Balaban J connectivity index is 1.05. The van der Waals surface area contributed by atoms with Gasteiger partial charge in [0.2, 0.25) is 5.91 Å². The summed E-state index contributed by atoms with van der Waals surface area (Å²) in [6, 6.07) is 33.2. The summed E-state index contributed by atoms with van der Waals surface area (Å²) in [5.74, 6) is 1.30. The molecule has 0 spiro atoms. The van der Waals surface area contributed by atoms with Gasteiger partial charge in [-0.25, -0.2) is 4.98 Å². The molecule has 4 aromatic carbocycles. The summed E-state index contributed by atoms with van der Waals surface area (Å²) in [5, 5.41) is 13.3. The lowest BCUT2D eigenvalue weighted by atomic mass is 10.0. The average molecular weight is 577 g/mol. The van der Waals surface area contributed by atoms with Crippen molar-refractivity contribution in [2.45, 2.75) is 11.6 Å². The van der Waals surface area contributed by atoms with Crippen molar-refractivity contribution in [2.24, 2.45) is 0 Å². The van der Waals surface area contributed by atoms with Crippen molar-refractivity contribution in [2.75, 3.05) is 36.8 Å². The Hall–Kier alpha value is -4.21. The van der Waals surface area contributed by atoms with Gasteiger partial charge in [0.05, 0.1) is 16.0 Å². The van der Waals surface area contributed by atoms with Gasteiger partial charge in [0.1, 0.15) is 5.82 Å². The molecule has 1 amide bonds. The zero-order valence-electron chi connectivity index (χ0n) is 22.4. The molecule has 1 saturated heterocycles. The maximum atomic E-state index is 13.3. The molecule has 204 valence electrons. The lowest BCUT2D eigenvalue weighted by Gasteiger charge is -2.34. The van der Waals surface area contributed by atoms with Crippen LogP contribution in [0.2, 0.25) is 0 Å². The quantitative estimate of drug-likeness (QED) is 0.215. The number of benzene rings is 4. The Bertz CT molecular complexity index is 1790. The van der Waals surface area contributed by atoms with Gasteiger partial charge in [0.25, 0.3) is 0 Å². The molecule has 0 radical (unpaired) electrons. The van der Waals surface area contributed by atoms with Crippen LogP contribution in [-0.4, -0.2) is 62.5 Å². The van der Waals surface area contributed by atoms with E-state index in [-0.39, 0.29) is 5.91 Å². The van der Waals surface area contributed by atoms with Crippen LogP contribution < -0.4 is 4.90 Å². The van der Waals surface area contributed by atoms with Crippen LogP contribution in [0.25, 0.3) is 26.7 Å². The topological polar surface area (TPSA) is 67.2 Å². The fourth-order valence-corrected chi connectivity index (χ4v) is 7.21. The van der Waals surface area contributed by atoms with Crippen LogP contribution in [0, 0.1) is 0 Å². The number of fused-ring (bicyclic) bond motifs is 2. The van der Waals surface area contributed by atoms with E-state index in [9.17, 15) is 4.79 Å². The van der Waals surface area contributed by atoms with E-state index in [0.717, 1.165) is 40.4 Å². The molecule has 7 nitrogen and oxygen atoms in total. The molecular weight excluding hydrogens is 549 g/mol. The van der Waals surface area contributed by atoms with E-state index in [1.54, 1.807) is 11.3 Å². The molecule has 0 aliphatic carbocycles. The number of thiazole rings is 1. The van der Waals surface area contributed by atoms with Gasteiger partial charge in [-0.3, -0.25) is 9.36 Å². The zero-order valence-corrected chi connectivity index (χ0v) is 24.0. The minimum Gasteiger partial charge on any atom is -0.345 e. The number of amides is 1. The summed E-state index contributed by atoms with van der Waals surface area (Å²) >= 11 is 3.17. The Labute approximate surface area is 246 Å². The van der Waals surface area contributed by atoms with E-state index in [2.05, 4.69) is 80.3 Å². The van der Waals surface area contributed by atoms with E-state index in [0.29, 0.717) is 25.3 Å². The molecule has 41 heavy (non-hydrogen) atoms. The predicted octanol–water partition coefficient (Wildman–Crippen LogP) is 6.06. The van der Waals surface area contributed by atoms with Crippen LogP contribution >= 0.6 is 23.1 Å². The molecule has 0 N–H and O–H groups in total. The largest absolute Gasteiger partial charge is 0.345 e. The predicted molar refractivity (Wildman–Crippen MR) is 167 cm³/mol. The van der Waals surface area contributed by atoms with E-state index < -0.39 is 0 Å². The number of anilines is 1. The molecule has 1 aliphatic heterocycles. The van der Waals surface area contributed by atoms with E-state index in [4.69, 9.17) is 4.98 Å². The third-order valence-electron chi connectivity index (χ3n) is 7.45. The molecule has 1 aliphatic rings. The van der Waals surface area contributed by atoms with Gasteiger partial charge in [0, 0.05) is 38.3 Å². The van der Waals surface area contributed by atoms with E-state index >= 15 is 0 Å². The fourth-order valence-electron chi connectivity index (χ4n) is 5.32. The van der Waals surface area contributed by atoms with Crippen molar-refractivity contribution in [3.63, 3.8) is 0 Å². The second-order valence-electron chi connectivity index (χ2n) is 10.0. The maximum absolute atomic E-state index is 13.3. The molecule has 9 heteroatoms. The molecule has 0 atom stereocenters. The Morgan fingerprint density at radius 3 is 2.41 bits per heavy atom. The number of carbonyl (C=O) groups is 1. The first kappa shape index (κ1) is 25.7. The Kier molecular flexibility index (Phi) is 7.12. The first-order valence-corrected chi connectivity index (χ1v) is 15.5. The highest BCUT2D eigenvalue weighted by Gasteiger charge is 2.24. The summed E-state index contributed by atoms with van der Waals surface area (Å²) in [7, 11) is 0. The number of rotatable bonds is 7. The lowest BCUT2D eigenvalue weighted by molar-refractivity contribution is -0.128. The van der Waals surface area contributed by atoms with Gasteiger partial charge in [0.15, 0.2) is 10.3 Å². The maximum Gasteiger partial charge on any atom is 0.233 e. The van der Waals surface area contributed by atoms with Gasteiger partial charge < -0.3 is 9.80 Å². The summed E-state index contributed by atoms with van der Waals surface area (Å²) in [6.07, 6.45) is 0.644. The van der Waals surface area contributed by atoms with Gasteiger partial charge in [-0.05, 0) is 40.6 Å². The zero-order chi connectivity index (χ0) is 27.6. The monoisotopic (exact) mass is 576 g/mol. The summed E-state index contributed by atoms with van der Waals surface area (Å²) in [6.45, 7) is 2.94. The highest BCUT2D eigenvalue weighted by atomic mass is 32.2. The van der Waals surface area contributed by atoms with Crippen LogP contribution in [0.1, 0.15) is 11.4 Å². The molecule has 0 bridgehead atoms. The first-order chi connectivity index (χ1) is 20.2. The lowest BCUT2D eigenvalue weighted by Crippen LogP contribution is -2.49. The number of nitrogens with zero attached hydrogens (tertiary/aromatic N) is 6. The van der Waals surface area contributed by atoms with Gasteiger partial charge in [-0.15, -0.1) is 10.2 Å². The number of carbonyl (C=O) groups excluding carboxylic acids is 1. The van der Waals surface area contributed by atoms with Crippen LogP contribution in [0.5, 0.6) is 0 Å². The Morgan fingerprint density at radius 1 is 0.805 bits per heavy atom. The van der Waals surface area contributed by atoms with Crippen molar-refractivity contribution >= 4 is 55.1 Å². The van der Waals surface area contributed by atoms with Crippen LogP contribution in [0.15, 0.2) is 102 Å². The SMILES string of the molecule is O=C(CSc1nnc(Cc2cccc3ccccc23)n1-c1ccccc1)N1CCN(c2nc3ccccc3s2)CC1. The standard InChI is InChI=1S/C32H28N6OS2/c39-30(36-17-19-37(20-18-36)31-33-27-15-6-7-16-28(27)41-31)22-40-32-35-34-29(38(32)25-12-2-1-3-13-25)21-24-11-8-10-23-9-4-5-14-26(23)24/h1-16H,17-22H2. The number of aromatic nitrogens is 4. The van der Waals surface area contributed by atoms with Gasteiger partial charge in [-0.2, -0.15) is 0 Å². The average Bonchev–Trinajstić information content (AvgIpc) is 3.65. The van der Waals surface area contributed by atoms with Crippen LogP contribution in [-0.2, 0) is 11.2 Å². The summed E-state index contributed by atoms with van der Waals surface area (Å²) < 4.78 is 3.28. The van der Waals surface area contributed by atoms with Crippen molar-refractivity contribution < 1.29 is 4.79 Å². The van der Waals surface area contributed by atoms with E-state index in [1.807, 2.05) is 41.3 Å². The van der Waals surface area contributed by atoms with Gasteiger partial charge >= 0.3 is 0 Å². The molecule has 6 aromatic rings. The smallest absolute Gasteiger partial charge is 0.233 e. The second-order valence-corrected chi connectivity index (χ2v) is 12.0. The Morgan fingerprint density at radius 2 is 1.56 bits per heavy atom.